The van der Waals surface area contributed by atoms with E-state index in [0.29, 0.717) is 5.75 Å². The lowest BCUT2D eigenvalue weighted by Gasteiger charge is -2.00. The first-order chi connectivity index (χ1) is 5.24. The lowest BCUT2D eigenvalue weighted by Crippen LogP contribution is -1.76. The molecule has 0 amide bonds. The Kier molecular flexibility index (Phi) is 3.51. The van der Waals surface area contributed by atoms with Crippen LogP contribution in [0.3, 0.4) is 0 Å². The van der Waals surface area contributed by atoms with E-state index in [0.717, 1.165) is 9.32 Å². The maximum absolute atomic E-state index is 9.20. The highest BCUT2D eigenvalue weighted by atomic mass is 127. The second-order valence-corrected chi connectivity index (χ2v) is 4.55. The maximum Gasteiger partial charge on any atom is 0.128 e. The van der Waals surface area contributed by atoms with E-state index >= 15 is 0 Å². The summed E-state index contributed by atoms with van der Waals surface area (Å²) in [5.41, 5.74) is 0. The van der Waals surface area contributed by atoms with E-state index in [1.54, 1.807) is 17.8 Å². The summed E-state index contributed by atoms with van der Waals surface area (Å²) >= 11 is 3.91. The first kappa shape index (κ1) is 9.19. The minimum Gasteiger partial charge on any atom is -0.507 e. The molecule has 0 fully saturated rings. The Bertz CT molecular complexity index is 250. The highest BCUT2D eigenvalue weighted by molar-refractivity contribution is 14.1. The van der Waals surface area contributed by atoms with Crippen molar-refractivity contribution >= 4 is 34.4 Å². The van der Waals surface area contributed by atoms with Gasteiger partial charge < -0.3 is 5.11 Å². The number of benzene rings is 1. The van der Waals surface area contributed by atoms with Crippen LogP contribution >= 0.6 is 34.4 Å². The van der Waals surface area contributed by atoms with E-state index in [1.807, 2.05) is 12.1 Å². The van der Waals surface area contributed by atoms with Crippen molar-refractivity contribution in [3.63, 3.8) is 0 Å². The van der Waals surface area contributed by atoms with Gasteiger partial charge in [0.1, 0.15) is 5.75 Å². The van der Waals surface area contributed by atoms with Crippen molar-refractivity contribution < 1.29 is 5.11 Å². The molecular weight excluding hydrogens is 271 g/mol. The second-order valence-electron chi connectivity index (χ2n) is 2.05. The van der Waals surface area contributed by atoms with Gasteiger partial charge in [-0.2, -0.15) is 0 Å². The Balaban J connectivity index is 2.86. The Hall–Kier alpha value is 0.100. The zero-order valence-electron chi connectivity index (χ0n) is 6.17. The van der Waals surface area contributed by atoms with Gasteiger partial charge in [-0.3, -0.25) is 0 Å². The molecule has 0 atom stereocenters. The molecule has 0 unspecified atom stereocenters. The first-order valence-corrected chi connectivity index (χ1v) is 5.41. The Morgan fingerprint density at radius 3 is 2.82 bits per heavy atom. The first-order valence-electron chi connectivity index (χ1n) is 3.35. The fraction of sp³-hybridized carbons (Fsp3) is 0.250. The van der Waals surface area contributed by atoms with Crippen molar-refractivity contribution in [1.82, 2.24) is 0 Å². The van der Waals surface area contributed by atoms with Crippen LogP contribution in [0.2, 0.25) is 0 Å². The minimum atomic E-state index is 0.367. The lowest BCUT2D eigenvalue weighted by atomic mass is 10.3. The summed E-state index contributed by atoms with van der Waals surface area (Å²) in [6, 6.07) is 5.66. The molecule has 1 aromatic carbocycles. The quantitative estimate of drug-likeness (QED) is 0.663. The molecule has 0 aliphatic carbocycles. The van der Waals surface area contributed by atoms with Gasteiger partial charge in [0.2, 0.25) is 0 Å². The van der Waals surface area contributed by atoms with Gasteiger partial charge in [0, 0.05) is 4.90 Å². The fourth-order valence-electron chi connectivity index (χ4n) is 0.744. The average molecular weight is 280 g/mol. The van der Waals surface area contributed by atoms with Gasteiger partial charge in [0.05, 0.1) is 3.57 Å². The predicted molar refractivity (Wildman–Crippen MR) is 57.2 cm³/mol. The van der Waals surface area contributed by atoms with Crippen molar-refractivity contribution in [3.05, 3.63) is 21.8 Å². The molecule has 0 aliphatic heterocycles. The largest absolute Gasteiger partial charge is 0.507 e. The van der Waals surface area contributed by atoms with Gasteiger partial charge in [-0.1, -0.05) is 6.92 Å². The molecule has 0 saturated carbocycles. The monoisotopic (exact) mass is 280 g/mol. The number of phenols is 1. The summed E-state index contributed by atoms with van der Waals surface area (Å²) in [6.07, 6.45) is 0. The molecule has 0 heterocycles. The van der Waals surface area contributed by atoms with Gasteiger partial charge in [0.25, 0.3) is 0 Å². The van der Waals surface area contributed by atoms with Crippen molar-refractivity contribution in [2.75, 3.05) is 5.75 Å². The molecule has 0 bridgehead atoms. The molecule has 1 rings (SSSR count). The Morgan fingerprint density at radius 2 is 2.27 bits per heavy atom. The molecule has 3 heteroatoms. The van der Waals surface area contributed by atoms with Crippen molar-refractivity contribution in [2.24, 2.45) is 0 Å². The standard InChI is InChI=1S/C8H9IOS/c1-2-11-6-3-4-8(10)7(9)5-6/h3-5,10H,2H2,1H3. The van der Waals surface area contributed by atoms with E-state index in [-0.39, 0.29) is 0 Å². The third-order valence-electron chi connectivity index (χ3n) is 1.23. The molecule has 0 saturated heterocycles. The normalized spacial score (nSPS) is 10.0. The van der Waals surface area contributed by atoms with Gasteiger partial charge in [-0.25, -0.2) is 0 Å². The van der Waals surface area contributed by atoms with Crippen LogP contribution < -0.4 is 0 Å². The molecule has 0 radical (unpaired) electrons. The summed E-state index contributed by atoms with van der Waals surface area (Å²) in [6.45, 7) is 2.12. The maximum atomic E-state index is 9.20. The molecule has 1 aromatic rings. The molecule has 0 aliphatic rings. The molecule has 1 N–H and O–H groups in total. The highest BCUT2D eigenvalue weighted by Gasteiger charge is 1.97. The number of aromatic hydroxyl groups is 1. The summed E-state index contributed by atoms with van der Waals surface area (Å²) in [4.78, 5) is 1.22. The fourth-order valence-corrected chi connectivity index (χ4v) is 2.17. The summed E-state index contributed by atoms with van der Waals surface area (Å²) in [5, 5.41) is 9.20. The number of phenolic OH excluding ortho intramolecular Hbond substituents is 1. The number of hydrogen-bond acceptors (Lipinski definition) is 2. The molecular formula is C8H9IOS. The Morgan fingerprint density at radius 1 is 1.55 bits per heavy atom. The van der Waals surface area contributed by atoms with E-state index < -0.39 is 0 Å². The number of hydrogen-bond donors (Lipinski definition) is 1. The van der Waals surface area contributed by atoms with Gasteiger partial charge >= 0.3 is 0 Å². The van der Waals surface area contributed by atoms with Crippen molar-refractivity contribution in [2.45, 2.75) is 11.8 Å². The second kappa shape index (κ2) is 4.21. The summed E-state index contributed by atoms with van der Waals surface area (Å²) in [5.74, 6) is 1.44. The van der Waals surface area contributed by atoms with E-state index in [1.165, 1.54) is 4.90 Å². The van der Waals surface area contributed by atoms with E-state index in [4.69, 9.17) is 0 Å². The van der Waals surface area contributed by atoms with Crippen LogP contribution in [0.25, 0.3) is 0 Å². The number of thioether (sulfide) groups is 1. The van der Waals surface area contributed by atoms with Crippen LogP contribution in [0.4, 0.5) is 0 Å². The lowest BCUT2D eigenvalue weighted by molar-refractivity contribution is 0.471. The molecule has 0 aromatic heterocycles. The van der Waals surface area contributed by atoms with Gasteiger partial charge in [0.15, 0.2) is 0 Å². The van der Waals surface area contributed by atoms with E-state index in [2.05, 4.69) is 29.5 Å². The van der Waals surface area contributed by atoms with Crippen LogP contribution in [0, 0.1) is 3.57 Å². The van der Waals surface area contributed by atoms with Crippen LogP contribution in [0.15, 0.2) is 23.1 Å². The average Bonchev–Trinajstić information content (AvgIpc) is 1.98. The number of halogens is 1. The molecule has 0 spiro atoms. The zero-order valence-corrected chi connectivity index (χ0v) is 9.15. The third-order valence-corrected chi connectivity index (χ3v) is 2.97. The van der Waals surface area contributed by atoms with Crippen molar-refractivity contribution in [3.8, 4) is 5.75 Å². The number of rotatable bonds is 2. The smallest absolute Gasteiger partial charge is 0.128 e. The summed E-state index contributed by atoms with van der Waals surface area (Å²) in [7, 11) is 0. The van der Waals surface area contributed by atoms with E-state index in [9.17, 15) is 5.11 Å². The zero-order chi connectivity index (χ0) is 8.27. The molecule has 60 valence electrons. The summed E-state index contributed by atoms with van der Waals surface area (Å²) < 4.78 is 0.918. The molecule has 1 nitrogen and oxygen atoms in total. The molecule has 11 heavy (non-hydrogen) atoms. The van der Waals surface area contributed by atoms with Crippen LogP contribution in [-0.4, -0.2) is 10.9 Å². The Labute approximate surface area is 84.3 Å². The SMILES string of the molecule is CCSc1ccc(O)c(I)c1. The van der Waals surface area contributed by atoms with Crippen LogP contribution in [0.1, 0.15) is 6.92 Å². The van der Waals surface area contributed by atoms with Crippen LogP contribution in [-0.2, 0) is 0 Å². The third kappa shape index (κ3) is 2.56. The van der Waals surface area contributed by atoms with Crippen molar-refractivity contribution in [1.29, 1.82) is 0 Å². The predicted octanol–water partition coefficient (Wildman–Crippen LogP) is 3.11. The topological polar surface area (TPSA) is 20.2 Å². The van der Waals surface area contributed by atoms with Gasteiger partial charge in [-0.15, -0.1) is 11.8 Å². The van der Waals surface area contributed by atoms with Gasteiger partial charge in [-0.05, 0) is 46.5 Å². The minimum absolute atomic E-state index is 0.367. The van der Waals surface area contributed by atoms with Crippen LogP contribution in [0.5, 0.6) is 5.75 Å². The highest BCUT2D eigenvalue weighted by Crippen LogP contribution is 2.25.